The van der Waals surface area contributed by atoms with Gasteiger partial charge in [-0.25, -0.2) is 0 Å². The maximum Gasteiger partial charge on any atom is 0.310 e. The van der Waals surface area contributed by atoms with Gasteiger partial charge in [-0.05, 0) is 51.0 Å². The van der Waals surface area contributed by atoms with Crippen LogP contribution in [0, 0.1) is 11.8 Å². The minimum atomic E-state index is -0.328. The van der Waals surface area contributed by atoms with E-state index in [0.29, 0.717) is 6.54 Å². The Morgan fingerprint density at radius 1 is 1.22 bits per heavy atom. The van der Waals surface area contributed by atoms with Crippen LogP contribution in [0.25, 0.3) is 12.7 Å². The van der Waals surface area contributed by atoms with Crippen LogP contribution in [0.15, 0.2) is 48.1 Å². The summed E-state index contributed by atoms with van der Waals surface area (Å²) >= 11 is 0. The molecular weight excluding hydrogens is 402 g/mol. The molecule has 1 saturated heterocycles. The lowest BCUT2D eigenvalue weighted by Crippen LogP contribution is -2.23. The summed E-state index contributed by atoms with van der Waals surface area (Å²) in [7, 11) is 1.45. The molecule has 0 spiro atoms. The Bertz CT molecular complexity index is 908. The lowest BCUT2D eigenvalue weighted by atomic mass is 9.95. The first-order valence-electron chi connectivity index (χ1n) is 11.1. The topological polar surface area (TPSA) is 64.6 Å². The third kappa shape index (κ3) is 10.6. The van der Waals surface area contributed by atoms with Gasteiger partial charge in [0.2, 0.25) is 0 Å². The second-order valence-corrected chi connectivity index (χ2v) is 8.83. The predicted molar refractivity (Wildman–Crippen MR) is 131 cm³/mol. The molecular formula is C27H39NO4. The zero-order chi connectivity index (χ0) is 24.1. The first kappa shape index (κ1) is 27.4. The lowest BCUT2D eigenvalue weighted by Gasteiger charge is -2.17. The fraction of sp³-hybridized carbons (Fsp3) is 0.481. The molecule has 176 valence electrons. The highest BCUT2D eigenvalue weighted by Crippen LogP contribution is 2.20. The molecule has 0 saturated carbocycles. The molecule has 1 aromatic rings. The molecule has 0 aliphatic carbocycles. The molecule has 0 radical (unpaired) electrons. The van der Waals surface area contributed by atoms with Gasteiger partial charge in [-0.1, -0.05) is 60.7 Å². The zero-order valence-corrected chi connectivity index (χ0v) is 20.4. The maximum absolute atomic E-state index is 11.7. The molecule has 1 fully saturated rings. The summed E-state index contributed by atoms with van der Waals surface area (Å²) in [6.45, 7) is 14.6. The average molecular weight is 442 g/mol. The Hall–Kier alpha value is -2.66. The molecule has 1 aromatic carbocycles. The molecule has 2 rings (SSSR count). The number of esters is 2. The van der Waals surface area contributed by atoms with E-state index in [9.17, 15) is 9.59 Å². The van der Waals surface area contributed by atoms with Gasteiger partial charge >= 0.3 is 11.9 Å². The van der Waals surface area contributed by atoms with Crippen molar-refractivity contribution in [2.45, 2.75) is 53.1 Å². The van der Waals surface area contributed by atoms with Crippen LogP contribution >= 0.6 is 0 Å². The highest BCUT2D eigenvalue weighted by molar-refractivity contribution is 5.73. The second kappa shape index (κ2) is 13.7. The van der Waals surface area contributed by atoms with Crippen molar-refractivity contribution >= 4 is 24.6 Å². The van der Waals surface area contributed by atoms with Crippen LogP contribution in [0.5, 0.6) is 0 Å². The Labute approximate surface area is 192 Å². The van der Waals surface area contributed by atoms with E-state index in [2.05, 4.69) is 49.2 Å². The predicted octanol–water partition coefficient (Wildman–Crippen LogP) is 3.52. The van der Waals surface area contributed by atoms with Crippen molar-refractivity contribution in [2.24, 2.45) is 11.8 Å². The number of allylic oxidation sites excluding steroid dienone is 3. The molecule has 1 heterocycles. The van der Waals surface area contributed by atoms with Crippen LogP contribution in [-0.2, 0) is 19.1 Å². The number of methoxy groups -OCH3 is 1. The van der Waals surface area contributed by atoms with E-state index >= 15 is 0 Å². The van der Waals surface area contributed by atoms with Crippen LogP contribution < -0.4 is 15.8 Å². The molecule has 1 aliphatic heterocycles. The Morgan fingerprint density at radius 3 is 2.44 bits per heavy atom. The summed E-state index contributed by atoms with van der Waals surface area (Å²) in [5.74, 6) is -0.172. The van der Waals surface area contributed by atoms with Crippen LogP contribution in [0.2, 0.25) is 0 Å². The summed E-state index contributed by atoms with van der Waals surface area (Å²) in [5.41, 5.74) is 0.969. The molecule has 0 unspecified atom stereocenters. The fourth-order valence-corrected chi connectivity index (χ4v) is 3.44. The number of benzene rings is 1. The van der Waals surface area contributed by atoms with Gasteiger partial charge in [0.15, 0.2) is 0 Å². The van der Waals surface area contributed by atoms with Gasteiger partial charge in [0.25, 0.3) is 0 Å². The van der Waals surface area contributed by atoms with Gasteiger partial charge in [-0.2, -0.15) is 0 Å². The van der Waals surface area contributed by atoms with Gasteiger partial charge in [-0.15, -0.1) is 0 Å². The van der Waals surface area contributed by atoms with Crippen molar-refractivity contribution < 1.29 is 19.1 Å². The summed E-state index contributed by atoms with van der Waals surface area (Å²) in [6.07, 6.45) is 10.6. The molecule has 1 aliphatic rings. The molecule has 0 aromatic heterocycles. The highest BCUT2D eigenvalue weighted by Gasteiger charge is 2.31. The monoisotopic (exact) mass is 441 g/mol. The summed E-state index contributed by atoms with van der Waals surface area (Å²) < 4.78 is 9.67. The molecule has 5 heteroatoms. The SMILES string of the molecule is C=c1cccc/c1=C/C(=C\C)CC/C=C/[C@H]1CNC[C@@H]1C(=O)OC.CC(=O)OC(C)(C)C. The van der Waals surface area contributed by atoms with E-state index in [4.69, 9.17) is 9.47 Å². The molecule has 2 atom stereocenters. The normalized spacial score (nSPS) is 19.4. The van der Waals surface area contributed by atoms with Gasteiger partial charge in [-0.3, -0.25) is 9.59 Å². The van der Waals surface area contributed by atoms with Crippen LogP contribution in [0.3, 0.4) is 0 Å². The van der Waals surface area contributed by atoms with E-state index in [1.165, 1.54) is 24.8 Å². The van der Waals surface area contributed by atoms with Crippen molar-refractivity contribution in [3.8, 4) is 0 Å². The van der Waals surface area contributed by atoms with E-state index in [0.717, 1.165) is 24.6 Å². The van der Waals surface area contributed by atoms with E-state index in [-0.39, 0.29) is 29.4 Å². The van der Waals surface area contributed by atoms with Crippen LogP contribution in [0.1, 0.15) is 47.5 Å². The van der Waals surface area contributed by atoms with Gasteiger partial charge < -0.3 is 14.8 Å². The second-order valence-electron chi connectivity index (χ2n) is 8.83. The van der Waals surface area contributed by atoms with E-state index in [1.54, 1.807) is 0 Å². The first-order chi connectivity index (χ1) is 15.1. The van der Waals surface area contributed by atoms with Crippen molar-refractivity contribution in [3.63, 3.8) is 0 Å². The highest BCUT2D eigenvalue weighted by atomic mass is 16.6. The average Bonchev–Trinajstić information content (AvgIpc) is 3.18. The van der Waals surface area contributed by atoms with E-state index in [1.807, 2.05) is 39.0 Å². The van der Waals surface area contributed by atoms with Crippen LogP contribution in [0.4, 0.5) is 0 Å². The third-order valence-corrected chi connectivity index (χ3v) is 4.96. The minimum absolute atomic E-state index is 0.0583. The molecule has 0 bridgehead atoms. The first-order valence-corrected chi connectivity index (χ1v) is 11.1. The van der Waals surface area contributed by atoms with Gasteiger partial charge in [0.1, 0.15) is 5.60 Å². The lowest BCUT2D eigenvalue weighted by molar-refractivity contribution is -0.152. The summed E-state index contributed by atoms with van der Waals surface area (Å²) in [6, 6.07) is 8.16. The molecule has 1 N–H and O–H groups in total. The number of nitrogens with one attached hydrogen (secondary N) is 1. The van der Waals surface area contributed by atoms with Gasteiger partial charge in [0.05, 0.1) is 13.0 Å². The maximum atomic E-state index is 11.7. The Morgan fingerprint density at radius 2 is 1.91 bits per heavy atom. The van der Waals surface area contributed by atoms with Crippen molar-refractivity contribution in [3.05, 3.63) is 58.5 Å². The number of hydrogen-bond acceptors (Lipinski definition) is 5. The molecule has 0 amide bonds. The Balaban J connectivity index is 0.000000547. The zero-order valence-electron chi connectivity index (χ0n) is 20.4. The number of carbonyl (C=O) groups excluding carboxylic acids is 2. The van der Waals surface area contributed by atoms with Crippen molar-refractivity contribution in [1.29, 1.82) is 0 Å². The number of ether oxygens (including phenoxy) is 2. The van der Waals surface area contributed by atoms with Crippen molar-refractivity contribution in [1.82, 2.24) is 5.32 Å². The molecule has 5 nitrogen and oxygen atoms in total. The summed E-state index contributed by atoms with van der Waals surface area (Å²) in [5, 5.41) is 5.47. The van der Waals surface area contributed by atoms with E-state index < -0.39 is 0 Å². The fourth-order valence-electron chi connectivity index (χ4n) is 3.44. The smallest absolute Gasteiger partial charge is 0.310 e. The van der Waals surface area contributed by atoms with Crippen LogP contribution in [-0.4, -0.2) is 37.7 Å². The number of rotatable bonds is 6. The summed E-state index contributed by atoms with van der Waals surface area (Å²) in [4.78, 5) is 22.0. The Kier molecular flexibility index (Phi) is 11.7. The molecule has 32 heavy (non-hydrogen) atoms. The quantitative estimate of drug-likeness (QED) is 0.541. The standard InChI is InChI=1S/C21H27NO2.C6H12O2/c1-4-17(13-18-11-7-5-9-16(18)2)10-6-8-12-19-14-22-15-20(19)21(23)24-3;1-5(7)8-6(2,3)4/h4-5,7-9,11-13,19-20,22H,2,6,10,14-15H2,1,3H3;1-4H3/b12-8+,17-4-,18-13-;/t19-,20-;/m0./s1. The number of carbonyl (C=O) groups is 2. The number of hydrogen-bond donors (Lipinski definition) is 1. The minimum Gasteiger partial charge on any atom is -0.469 e. The largest absolute Gasteiger partial charge is 0.469 e. The third-order valence-electron chi connectivity index (χ3n) is 4.96. The van der Waals surface area contributed by atoms with Crippen molar-refractivity contribution in [2.75, 3.05) is 20.2 Å². The van der Waals surface area contributed by atoms with Gasteiger partial charge in [0, 0.05) is 25.9 Å².